The largest absolute Gasteiger partial charge is 0.326 e. The molecular weight excluding hydrogens is 413 g/mol. The third-order valence-corrected chi connectivity index (χ3v) is 5.29. The Labute approximate surface area is 182 Å². The Kier molecular flexibility index (Phi) is 5.07. The third kappa shape index (κ3) is 3.58. The molecule has 0 saturated heterocycles. The number of aromatic nitrogens is 4. The van der Waals surface area contributed by atoms with Gasteiger partial charge in [-0.3, -0.25) is 0 Å². The molecule has 0 aliphatic rings. The second-order valence-corrected chi connectivity index (χ2v) is 7.29. The zero-order valence-corrected chi connectivity index (χ0v) is 16.7. The number of rotatable bonds is 5. The monoisotopic (exact) mass is 430 g/mol. The van der Waals surface area contributed by atoms with Gasteiger partial charge in [-0.15, -0.1) is 0 Å². The Balaban J connectivity index is 1.78. The van der Waals surface area contributed by atoms with Gasteiger partial charge >= 0.3 is 0 Å². The van der Waals surface area contributed by atoms with Crippen molar-refractivity contribution >= 4 is 0 Å². The van der Waals surface area contributed by atoms with Crippen molar-refractivity contribution in [2.75, 3.05) is 0 Å². The highest BCUT2D eigenvalue weighted by Gasteiger charge is 2.25. The highest BCUT2D eigenvalue weighted by atomic mass is 19.1. The summed E-state index contributed by atoms with van der Waals surface area (Å²) in [6.07, 6.45) is 6.86. The van der Waals surface area contributed by atoms with Crippen LogP contribution in [0.2, 0.25) is 0 Å². The molecule has 0 aliphatic heterocycles. The van der Waals surface area contributed by atoms with Crippen molar-refractivity contribution in [3.05, 3.63) is 126 Å². The standard InChI is InChI=1S/C25H17F3N4/c26-19-8-6-18(7-9-19)25-21(15-30-32(25)23-11-10-20(27)14-22(23)28)24(31-13-12-29-16-31)17-4-2-1-3-5-17/h1-16,24H. The number of hydrogen-bond acceptors (Lipinski definition) is 2. The van der Waals surface area contributed by atoms with Crippen LogP contribution in [-0.2, 0) is 0 Å². The zero-order valence-electron chi connectivity index (χ0n) is 16.7. The maximum Gasteiger partial charge on any atom is 0.151 e. The molecule has 2 heterocycles. The van der Waals surface area contributed by atoms with Crippen LogP contribution < -0.4 is 0 Å². The van der Waals surface area contributed by atoms with Gasteiger partial charge in [-0.1, -0.05) is 30.3 Å². The van der Waals surface area contributed by atoms with Gasteiger partial charge in [-0.05, 0) is 42.0 Å². The van der Waals surface area contributed by atoms with Gasteiger partial charge in [-0.25, -0.2) is 22.8 Å². The molecule has 0 aliphatic carbocycles. The normalized spacial score (nSPS) is 12.1. The Morgan fingerprint density at radius 1 is 0.812 bits per heavy atom. The Bertz CT molecular complexity index is 1340. The fourth-order valence-electron chi connectivity index (χ4n) is 3.86. The van der Waals surface area contributed by atoms with Gasteiger partial charge in [-0.2, -0.15) is 5.10 Å². The second-order valence-electron chi connectivity index (χ2n) is 7.29. The van der Waals surface area contributed by atoms with E-state index >= 15 is 0 Å². The fraction of sp³-hybridized carbons (Fsp3) is 0.0400. The van der Waals surface area contributed by atoms with Crippen molar-refractivity contribution in [3.8, 4) is 16.9 Å². The maximum atomic E-state index is 14.7. The molecule has 0 fully saturated rings. The van der Waals surface area contributed by atoms with E-state index in [2.05, 4.69) is 10.1 Å². The summed E-state index contributed by atoms with van der Waals surface area (Å²) in [6.45, 7) is 0. The van der Waals surface area contributed by atoms with Gasteiger partial charge in [0.1, 0.15) is 17.3 Å². The van der Waals surface area contributed by atoms with E-state index in [1.165, 1.54) is 28.9 Å². The van der Waals surface area contributed by atoms with E-state index < -0.39 is 11.6 Å². The van der Waals surface area contributed by atoms with Gasteiger partial charge in [0.15, 0.2) is 5.82 Å². The summed E-state index contributed by atoms with van der Waals surface area (Å²) in [5.41, 5.74) is 3.02. The number of hydrogen-bond donors (Lipinski definition) is 0. The van der Waals surface area contributed by atoms with Crippen LogP contribution in [0.25, 0.3) is 16.9 Å². The minimum absolute atomic E-state index is 0.0921. The topological polar surface area (TPSA) is 35.6 Å². The average Bonchev–Trinajstić information content (AvgIpc) is 3.47. The first-order valence-corrected chi connectivity index (χ1v) is 9.93. The van der Waals surface area contributed by atoms with Gasteiger partial charge in [0, 0.05) is 29.6 Å². The van der Waals surface area contributed by atoms with Crippen molar-refractivity contribution in [1.29, 1.82) is 0 Å². The summed E-state index contributed by atoms with van der Waals surface area (Å²) in [7, 11) is 0. The van der Waals surface area contributed by atoms with Crippen LogP contribution in [0, 0.1) is 17.5 Å². The average molecular weight is 430 g/mol. The molecule has 3 aromatic carbocycles. The molecule has 1 atom stereocenters. The lowest BCUT2D eigenvalue weighted by atomic mass is 9.96. The lowest BCUT2D eigenvalue weighted by Gasteiger charge is -2.21. The lowest BCUT2D eigenvalue weighted by Crippen LogP contribution is -2.12. The van der Waals surface area contributed by atoms with E-state index in [4.69, 9.17) is 0 Å². The Morgan fingerprint density at radius 3 is 2.25 bits per heavy atom. The van der Waals surface area contributed by atoms with Crippen LogP contribution >= 0.6 is 0 Å². The van der Waals surface area contributed by atoms with Crippen molar-refractivity contribution < 1.29 is 13.2 Å². The SMILES string of the molecule is Fc1ccc(-c2c(C(c3ccccc3)n3ccnc3)cnn2-c2ccc(F)cc2F)cc1. The Morgan fingerprint density at radius 2 is 1.56 bits per heavy atom. The second kappa shape index (κ2) is 8.19. The minimum atomic E-state index is -0.748. The molecule has 0 spiro atoms. The van der Waals surface area contributed by atoms with Gasteiger partial charge in [0.2, 0.25) is 0 Å². The molecule has 5 rings (SSSR count). The van der Waals surface area contributed by atoms with Gasteiger partial charge < -0.3 is 4.57 Å². The molecule has 1 unspecified atom stereocenters. The number of nitrogens with zero attached hydrogens (tertiary/aromatic N) is 4. The van der Waals surface area contributed by atoms with E-state index in [1.54, 1.807) is 30.9 Å². The number of benzene rings is 3. The highest BCUT2D eigenvalue weighted by Crippen LogP contribution is 2.36. The summed E-state index contributed by atoms with van der Waals surface area (Å²) in [6, 6.07) is 18.7. The first-order valence-electron chi connectivity index (χ1n) is 9.93. The lowest BCUT2D eigenvalue weighted by molar-refractivity contribution is 0.574. The van der Waals surface area contributed by atoms with E-state index in [9.17, 15) is 13.2 Å². The van der Waals surface area contributed by atoms with E-state index in [-0.39, 0.29) is 17.5 Å². The molecule has 0 amide bonds. The first kappa shape index (κ1) is 19.8. The van der Waals surface area contributed by atoms with Gasteiger partial charge in [0.25, 0.3) is 0 Å². The summed E-state index contributed by atoms with van der Waals surface area (Å²) in [5.74, 6) is -1.81. The van der Waals surface area contributed by atoms with Crippen molar-refractivity contribution in [3.63, 3.8) is 0 Å². The van der Waals surface area contributed by atoms with Crippen LogP contribution in [0.1, 0.15) is 17.2 Å². The predicted octanol–water partition coefficient (Wildman–Crippen LogP) is 5.79. The molecule has 0 bridgehead atoms. The Hall–Kier alpha value is -4.13. The maximum absolute atomic E-state index is 14.7. The molecule has 0 saturated carbocycles. The van der Waals surface area contributed by atoms with Crippen molar-refractivity contribution in [2.24, 2.45) is 0 Å². The molecule has 158 valence electrons. The fourth-order valence-corrected chi connectivity index (χ4v) is 3.86. The molecular formula is C25H17F3N4. The third-order valence-electron chi connectivity index (χ3n) is 5.29. The molecule has 4 nitrogen and oxygen atoms in total. The molecule has 0 N–H and O–H groups in total. The highest BCUT2D eigenvalue weighted by molar-refractivity contribution is 5.67. The number of imidazole rings is 1. The smallest absolute Gasteiger partial charge is 0.151 e. The molecule has 2 aromatic heterocycles. The van der Waals surface area contributed by atoms with Crippen LogP contribution in [0.4, 0.5) is 13.2 Å². The predicted molar refractivity (Wildman–Crippen MR) is 115 cm³/mol. The molecule has 32 heavy (non-hydrogen) atoms. The number of halogens is 3. The van der Waals surface area contributed by atoms with E-state index in [0.29, 0.717) is 11.3 Å². The summed E-state index contributed by atoms with van der Waals surface area (Å²) in [4.78, 5) is 4.18. The van der Waals surface area contributed by atoms with Crippen LogP contribution in [0.15, 0.2) is 97.7 Å². The van der Waals surface area contributed by atoms with Crippen molar-refractivity contribution in [1.82, 2.24) is 19.3 Å². The molecule has 5 aromatic rings. The molecule has 0 radical (unpaired) electrons. The van der Waals surface area contributed by atoms with Gasteiger partial charge in [0.05, 0.1) is 24.3 Å². The summed E-state index contributed by atoms with van der Waals surface area (Å²) < 4.78 is 45.3. The van der Waals surface area contributed by atoms with Crippen molar-refractivity contribution in [2.45, 2.75) is 6.04 Å². The molecule has 7 heteroatoms. The summed E-state index contributed by atoms with van der Waals surface area (Å²) in [5, 5.41) is 4.46. The zero-order chi connectivity index (χ0) is 22.1. The quantitative estimate of drug-likeness (QED) is 0.354. The first-order chi connectivity index (χ1) is 15.6. The van der Waals surface area contributed by atoms with Crippen LogP contribution in [0.3, 0.4) is 0 Å². The van der Waals surface area contributed by atoms with E-state index in [0.717, 1.165) is 17.2 Å². The summed E-state index contributed by atoms with van der Waals surface area (Å²) >= 11 is 0. The van der Waals surface area contributed by atoms with Crippen LogP contribution in [-0.4, -0.2) is 19.3 Å². The minimum Gasteiger partial charge on any atom is -0.326 e. The van der Waals surface area contributed by atoms with E-state index in [1.807, 2.05) is 41.1 Å². The van der Waals surface area contributed by atoms with Crippen LogP contribution in [0.5, 0.6) is 0 Å².